The molecule has 23 heavy (non-hydrogen) atoms. The lowest BCUT2D eigenvalue weighted by molar-refractivity contribution is -0.155. The van der Waals surface area contributed by atoms with E-state index in [1.807, 2.05) is 0 Å². The zero-order valence-electron chi connectivity index (χ0n) is 12.7. The summed E-state index contributed by atoms with van der Waals surface area (Å²) >= 11 is 0. The van der Waals surface area contributed by atoms with Crippen LogP contribution in [0.2, 0.25) is 0 Å². The van der Waals surface area contributed by atoms with Crippen LogP contribution in [-0.2, 0) is 4.79 Å². The van der Waals surface area contributed by atoms with Crippen molar-refractivity contribution in [2.45, 2.75) is 12.5 Å². The number of ether oxygens (including phenoxy) is 1. The van der Waals surface area contributed by atoms with Gasteiger partial charge in [-0.25, -0.2) is 14.6 Å². The Bertz CT molecular complexity index is 745. The number of carbonyl (C=O) groups excluding carboxylic acids is 1. The first-order valence-electron chi connectivity index (χ1n) is 6.77. The number of aliphatic carboxylic acids is 1. The highest BCUT2D eigenvalue weighted by molar-refractivity contribution is 5.95. The fourth-order valence-electron chi connectivity index (χ4n) is 1.89. The van der Waals surface area contributed by atoms with E-state index in [9.17, 15) is 14.7 Å². The van der Waals surface area contributed by atoms with Crippen molar-refractivity contribution in [3.8, 4) is 5.88 Å². The minimum Gasteiger partial charge on any atom is -0.481 e. The summed E-state index contributed by atoms with van der Waals surface area (Å²) in [5.41, 5.74) is -1.52. The number of carboxylic acid groups (broad SMARTS) is 1. The molecule has 1 aromatic carbocycles. The monoisotopic (exact) mass is 319 g/mol. The van der Waals surface area contributed by atoms with Gasteiger partial charge in [-0.3, -0.25) is 0 Å². The van der Waals surface area contributed by atoms with E-state index in [0.29, 0.717) is 11.6 Å². The molecule has 8 heteroatoms. The normalized spacial score (nSPS) is 13.2. The van der Waals surface area contributed by atoms with Gasteiger partial charge in [-0.1, -0.05) is 0 Å². The summed E-state index contributed by atoms with van der Waals surface area (Å²) in [4.78, 5) is 26.6. The number of hydrogen-bond acceptors (Lipinski definition) is 5. The zero-order valence-corrected chi connectivity index (χ0v) is 12.7. The average molecular weight is 319 g/mol. The molecule has 2 aromatic rings. The third-order valence-electron chi connectivity index (χ3n) is 3.23. The van der Waals surface area contributed by atoms with Crippen LogP contribution in [0.3, 0.4) is 0 Å². The third-order valence-corrected chi connectivity index (χ3v) is 3.23. The Labute approximate surface area is 132 Å². The summed E-state index contributed by atoms with van der Waals surface area (Å²) in [5.74, 6) is -0.931. The van der Waals surface area contributed by atoms with Crippen molar-refractivity contribution in [1.29, 1.82) is 0 Å². The van der Waals surface area contributed by atoms with E-state index in [1.54, 1.807) is 30.5 Å². The van der Waals surface area contributed by atoms with Gasteiger partial charge in [0, 0.05) is 17.3 Å². The van der Waals surface area contributed by atoms with Crippen LogP contribution in [0.5, 0.6) is 5.88 Å². The number of fused-ring (bicyclic) bond motifs is 1. The molecule has 122 valence electrons. The molecule has 0 bridgehead atoms. The van der Waals surface area contributed by atoms with E-state index >= 15 is 0 Å². The second-order valence-corrected chi connectivity index (χ2v) is 5.14. The summed E-state index contributed by atoms with van der Waals surface area (Å²) in [6.07, 6.45) is 1.59. The first kappa shape index (κ1) is 16.5. The van der Waals surface area contributed by atoms with Crippen molar-refractivity contribution in [1.82, 2.24) is 10.3 Å². The molecule has 0 saturated heterocycles. The number of nitrogens with one attached hydrogen (secondary N) is 2. The smallest absolute Gasteiger partial charge is 0.337 e. The fourth-order valence-corrected chi connectivity index (χ4v) is 1.89. The van der Waals surface area contributed by atoms with E-state index in [-0.39, 0.29) is 0 Å². The number of amides is 2. The second kappa shape index (κ2) is 6.49. The summed E-state index contributed by atoms with van der Waals surface area (Å²) in [6.45, 7) is 0.685. The summed E-state index contributed by atoms with van der Waals surface area (Å²) in [6, 6.07) is 6.31. The van der Waals surface area contributed by atoms with Crippen LogP contribution in [0.4, 0.5) is 10.5 Å². The molecule has 8 nitrogen and oxygen atoms in total. The predicted octanol–water partition coefficient (Wildman–Crippen LogP) is 1.20. The van der Waals surface area contributed by atoms with Gasteiger partial charge in [0.05, 0.1) is 13.7 Å². The molecule has 4 N–H and O–H groups in total. The molecule has 0 aliphatic rings. The van der Waals surface area contributed by atoms with Crippen LogP contribution in [0.15, 0.2) is 30.5 Å². The van der Waals surface area contributed by atoms with Crippen molar-refractivity contribution >= 4 is 28.5 Å². The second-order valence-electron chi connectivity index (χ2n) is 5.14. The number of nitrogens with zero attached hydrogens (tertiary/aromatic N) is 1. The van der Waals surface area contributed by atoms with Crippen molar-refractivity contribution in [2.24, 2.45) is 0 Å². The molecule has 1 aromatic heterocycles. The molecule has 1 unspecified atom stereocenters. The van der Waals surface area contributed by atoms with E-state index in [2.05, 4.69) is 15.6 Å². The molecular weight excluding hydrogens is 302 g/mol. The number of aromatic nitrogens is 1. The Morgan fingerprint density at radius 3 is 2.74 bits per heavy atom. The molecule has 0 fully saturated rings. The summed E-state index contributed by atoms with van der Waals surface area (Å²) in [7, 11) is 1.52. The van der Waals surface area contributed by atoms with E-state index in [0.717, 1.165) is 17.7 Å². The van der Waals surface area contributed by atoms with Crippen LogP contribution in [0, 0.1) is 0 Å². The van der Waals surface area contributed by atoms with Gasteiger partial charge >= 0.3 is 12.0 Å². The first-order chi connectivity index (χ1) is 10.8. The Kier molecular flexibility index (Phi) is 4.65. The number of rotatable bonds is 5. The third kappa shape index (κ3) is 3.86. The van der Waals surface area contributed by atoms with Gasteiger partial charge in [0.1, 0.15) is 0 Å². The molecule has 0 spiro atoms. The minimum absolute atomic E-state index is 0.417. The van der Waals surface area contributed by atoms with Crippen LogP contribution in [0.1, 0.15) is 6.92 Å². The summed E-state index contributed by atoms with van der Waals surface area (Å²) < 4.78 is 5.15. The topological polar surface area (TPSA) is 121 Å². The maximum atomic E-state index is 11.8. The molecule has 0 aliphatic carbocycles. The number of methoxy groups -OCH3 is 1. The molecule has 0 radical (unpaired) electrons. The number of urea groups is 1. The van der Waals surface area contributed by atoms with Gasteiger partial charge in [0.2, 0.25) is 5.88 Å². The van der Waals surface area contributed by atoms with Crippen molar-refractivity contribution in [2.75, 3.05) is 19.0 Å². The zero-order chi connectivity index (χ0) is 17.0. The predicted molar refractivity (Wildman–Crippen MR) is 83.6 cm³/mol. The Morgan fingerprint density at radius 2 is 2.09 bits per heavy atom. The number of anilines is 1. The molecular formula is C15H17N3O5. The molecule has 2 rings (SSSR count). The quantitative estimate of drug-likeness (QED) is 0.657. The standard InChI is InChI=1S/C15H17N3O5/c1-15(22,13(19)20)8-17-14(21)18-10-3-4-11-9(7-10)5-6-16-12(11)23-2/h3-7,22H,8H2,1-2H3,(H,19,20)(H2,17,18,21). The Morgan fingerprint density at radius 1 is 1.35 bits per heavy atom. The Balaban J connectivity index is 2.07. The minimum atomic E-state index is -2.03. The van der Waals surface area contributed by atoms with Crippen LogP contribution in [-0.4, -0.2) is 46.5 Å². The average Bonchev–Trinajstić information content (AvgIpc) is 2.52. The van der Waals surface area contributed by atoms with Gasteiger partial charge in [0.15, 0.2) is 5.60 Å². The summed E-state index contributed by atoms with van der Waals surface area (Å²) in [5, 5.41) is 24.8. The van der Waals surface area contributed by atoms with E-state index in [1.165, 1.54) is 7.11 Å². The number of hydrogen-bond donors (Lipinski definition) is 4. The maximum absolute atomic E-state index is 11.8. The van der Waals surface area contributed by atoms with Crippen molar-refractivity contribution in [3.63, 3.8) is 0 Å². The highest BCUT2D eigenvalue weighted by Gasteiger charge is 2.30. The molecule has 2 amide bonds. The van der Waals surface area contributed by atoms with Crippen LogP contribution < -0.4 is 15.4 Å². The van der Waals surface area contributed by atoms with Gasteiger partial charge in [-0.05, 0) is 36.6 Å². The lowest BCUT2D eigenvalue weighted by Crippen LogP contribution is -2.47. The molecule has 0 saturated carbocycles. The fraction of sp³-hybridized carbons (Fsp3) is 0.267. The highest BCUT2D eigenvalue weighted by Crippen LogP contribution is 2.25. The van der Waals surface area contributed by atoms with Crippen LogP contribution >= 0.6 is 0 Å². The van der Waals surface area contributed by atoms with E-state index in [4.69, 9.17) is 9.84 Å². The van der Waals surface area contributed by atoms with Gasteiger partial charge in [0.25, 0.3) is 0 Å². The van der Waals surface area contributed by atoms with Gasteiger partial charge in [-0.15, -0.1) is 0 Å². The lowest BCUT2D eigenvalue weighted by Gasteiger charge is -2.18. The SMILES string of the molecule is COc1nccc2cc(NC(=O)NCC(C)(O)C(=O)O)ccc12. The van der Waals surface area contributed by atoms with Crippen molar-refractivity contribution < 1.29 is 24.5 Å². The molecule has 0 aliphatic heterocycles. The Hall–Kier alpha value is -2.87. The number of aliphatic hydroxyl groups is 1. The van der Waals surface area contributed by atoms with Gasteiger partial charge < -0.3 is 25.6 Å². The first-order valence-corrected chi connectivity index (χ1v) is 6.77. The molecule has 1 atom stereocenters. The molecule has 1 heterocycles. The number of pyridine rings is 1. The van der Waals surface area contributed by atoms with E-state index < -0.39 is 24.1 Å². The highest BCUT2D eigenvalue weighted by atomic mass is 16.5. The maximum Gasteiger partial charge on any atom is 0.337 e. The number of carbonyl (C=O) groups is 2. The van der Waals surface area contributed by atoms with Crippen molar-refractivity contribution in [3.05, 3.63) is 30.5 Å². The van der Waals surface area contributed by atoms with Crippen LogP contribution in [0.25, 0.3) is 10.8 Å². The largest absolute Gasteiger partial charge is 0.481 e. The number of benzene rings is 1. The number of carboxylic acids is 1. The lowest BCUT2D eigenvalue weighted by atomic mass is 10.1. The van der Waals surface area contributed by atoms with Gasteiger partial charge in [-0.2, -0.15) is 0 Å².